The van der Waals surface area contributed by atoms with Gasteiger partial charge in [0.05, 0.1) is 23.1 Å². The lowest BCUT2D eigenvalue weighted by molar-refractivity contribution is -0.122. The summed E-state index contributed by atoms with van der Waals surface area (Å²) in [5, 5.41) is 11.8. The number of carboxylic acid groups (broad SMARTS) is 1. The quantitative estimate of drug-likeness (QED) is 0.372. The molecule has 2 atom stereocenters. The number of hydrogen-bond acceptors (Lipinski definition) is 4. The number of amides is 3. The molecule has 3 amide bonds. The molecule has 7 heteroatoms. The highest BCUT2D eigenvalue weighted by Gasteiger charge is 2.61. The lowest BCUT2D eigenvalue weighted by Crippen LogP contribution is -2.41. The zero-order valence-electron chi connectivity index (χ0n) is 20.6. The number of aromatic carboxylic acids is 1. The Kier molecular flexibility index (Phi) is 5.03. The average molecular weight is 515 g/mol. The van der Waals surface area contributed by atoms with Crippen molar-refractivity contribution in [2.24, 2.45) is 11.8 Å². The lowest BCUT2D eigenvalue weighted by Gasteiger charge is -2.45. The Bertz CT molecular complexity index is 1580. The minimum atomic E-state index is -1.05. The molecular formula is C32H22N2O5. The Balaban J connectivity index is 1.18. The lowest BCUT2D eigenvalue weighted by atomic mass is 9.55. The molecule has 0 saturated carbocycles. The van der Waals surface area contributed by atoms with Crippen LogP contribution in [0.3, 0.4) is 0 Å². The summed E-state index contributed by atoms with van der Waals surface area (Å²) in [5.74, 6) is -3.14. The van der Waals surface area contributed by atoms with Crippen LogP contribution >= 0.6 is 0 Å². The van der Waals surface area contributed by atoms with Gasteiger partial charge in [-0.15, -0.1) is 0 Å². The summed E-state index contributed by atoms with van der Waals surface area (Å²) in [5.41, 5.74) is 5.84. The van der Waals surface area contributed by atoms with Crippen LogP contribution in [0.25, 0.3) is 0 Å². The van der Waals surface area contributed by atoms with E-state index in [1.54, 1.807) is 24.3 Å². The van der Waals surface area contributed by atoms with Crippen molar-refractivity contribution < 1.29 is 24.3 Å². The molecule has 7 nitrogen and oxygen atoms in total. The molecule has 4 aromatic rings. The monoisotopic (exact) mass is 514 g/mol. The van der Waals surface area contributed by atoms with Crippen molar-refractivity contribution in [2.75, 3.05) is 10.2 Å². The van der Waals surface area contributed by atoms with Crippen LogP contribution in [0.5, 0.6) is 0 Å². The van der Waals surface area contributed by atoms with Crippen LogP contribution in [0.15, 0.2) is 97.1 Å². The number of rotatable bonds is 4. The summed E-state index contributed by atoms with van der Waals surface area (Å²) in [4.78, 5) is 52.9. The molecule has 8 rings (SSSR count). The van der Waals surface area contributed by atoms with Gasteiger partial charge in [0, 0.05) is 23.1 Å². The number of anilines is 2. The summed E-state index contributed by atoms with van der Waals surface area (Å²) in [6, 6.07) is 28.5. The molecule has 0 radical (unpaired) electrons. The molecule has 0 aromatic heterocycles. The van der Waals surface area contributed by atoms with Gasteiger partial charge in [-0.3, -0.25) is 14.4 Å². The van der Waals surface area contributed by atoms with Crippen molar-refractivity contribution in [1.82, 2.24) is 0 Å². The summed E-state index contributed by atoms with van der Waals surface area (Å²) in [6.45, 7) is 0. The molecular weight excluding hydrogens is 492 g/mol. The highest BCUT2D eigenvalue weighted by Crippen LogP contribution is 2.61. The van der Waals surface area contributed by atoms with E-state index >= 15 is 0 Å². The third-order valence-electron chi connectivity index (χ3n) is 8.23. The van der Waals surface area contributed by atoms with Crippen LogP contribution in [-0.4, -0.2) is 28.8 Å². The predicted molar refractivity (Wildman–Crippen MR) is 144 cm³/mol. The molecule has 1 fully saturated rings. The Morgan fingerprint density at radius 1 is 0.615 bits per heavy atom. The van der Waals surface area contributed by atoms with Crippen molar-refractivity contribution in [3.8, 4) is 0 Å². The zero-order chi connectivity index (χ0) is 26.8. The zero-order valence-corrected chi connectivity index (χ0v) is 20.6. The normalized spacial score (nSPS) is 22.2. The summed E-state index contributed by atoms with van der Waals surface area (Å²) in [6.07, 6.45) is 0. The minimum Gasteiger partial charge on any atom is -0.478 e. The van der Waals surface area contributed by atoms with Gasteiger partial charge >= 0.3 is 5.97 Å². The van der Waals surface area contributed by atoms with Crippen LogP contribution in [0, 0.1) is 11.8 Å². The third-order valence-corrected chi connectivity index (χ3v) is 8.23. The standard InChI is InChI=1S/C32H22N2O5/c35-29(33-19-13-9-18(10-14-19)32(38)39)17-11-15-20(16-12-17)34-30(36)27-25-21-5-1-2-6-22(21)26(28(27)31(34)37)24-8-4-3-7-23(24)25/h1-16,25-28H,(H,33,35)(H,38,39)/t25?,26?,27-,28+. The van der Waals surface area contributed by atoms with E-state index in [1.807, 2.05) is 24.3 Å². The van der Waals surface area contributed by atoms with Crippen molar-refractivity contribution in [1.29, 1.82) is 0 Å². The van der Waals surface area contributed by atoms with Gasteiger partial charge < -0.3 is 10.4 Å². The maximum absolute atomic E-state index is 13.9. The number of nitrogens with one attached hydrogen (secondary N) is 1. The Hall–Kier alpha value is -5.04. The summed E-state index contributed by atoms with van der Waals surface area (Å²) >= 11 is 0. The average Bonchev–Trinajstić information content (AvgIpc) is 3.23. The van der Waals surface area contributed by atoms with Gasteiger partial charge in [-0.05, 0) is 70.8 Å². The molecule has 2 N–H and O–H groups in total. The fourth-order valence-electron chi connectivity index (χ4n) is 6.59. The predicted octanol–water partition coefficient (Wildman–Crippen LogP) is 5.03. The van der Waals surface area contributed by atoms with Gasteiger partial charge in [-0.1, -0.05) is 48.5 Å². The van der Waals surface area contributed by atoms with Crippen LogP contribution < -0.4 is 10.2 Å². The number of carbonyl (C=O) groups excluding carboxylic acids is 3. The molecule has 4 aliphatic rings. The van der Waals surface area contributed by atoms with Gasteiger partial charge in [0.1, 0.15) is 0 Å². The van der Waals surface area contributed by atoms with E-state index in [1.165, 1.54) is 29.2 Å². The van der Waals surface area contributed by atoms with Crippen LogP contribution in [0.2, 0.25) is 0 Å². The first-order chi connectivity index (χ1) is 18.9. The second kappa shape index (κ2) is 8.49. The fourth-order valence-corrected chi connectivity index (χ4v) is 6.59. The second-order valence-corrected chi connectivity index (χ2v) is 10.2. The van der Waals surface area contributed by atoms with Gasteiger partial charge in [-0.25, -0.2) is 9.69 Å². The maximum atomic E-state index is 13.9. The van der Waals surface area contributed by atoms with E-state index in [0.29, 0.717) is 16.9 Å². The third kappa shape index (κ3) is 3.36. The van der Waals surface area contributed by atoms with Gasteiger partial charge in [-0.2, -0.15) is 0 Å². The van der Waals surface area contributed by atoms with Gasteiger partial charge in [0.2, 0.25) is 11.8 Å². The number of hydrogen-bond donors (Lipinski definition) is 2. The first kappa shape index (κ1) is 23.1. The van der Waals surface area contributed by atoms with E-state index in [4.69, 9.17) is 5.11 Å². The number of carboxylic acids is 1. The second-order valence-electron chi connectivity index (χ2n) is 10.2. The number of carbonyl (C=O) groups is 4. The topological polar surface area (TPSA) is 104 Å². The summed E-state index contributed by atoms with van der Waals surface area (Å²) in [7, 11) is 0. The van der Waals surface area contributed by atoms with E-state index in [2.05, 4.69) is 29.6 Å². The fraction of sp³-hybridized carbons (Fsp3) is 0.125. The molecule has 3 aliphatic carbocycles. The molecule has 0 unspecified atom stereocenters. The Morgan fingerprint density at radius 2 is 1.05 bits per heavy atom. The van der Waals surface area contributed by atoms with Crippen LogP contribution in [0.1, 0.15) is 54.8 Å². The SMILES string of the molecule is O=C(O)c1ccc(NC(=O)c2ccc(N3C(=O)[C@@H]4C5c6ccccc6C(c6ccccc65)[C@@H]4C3=O)cc2)cc1. The number of nitrogens with zero attached hydrogens (tertiary/aromatic N) is 1. The molecule has 2 bridgehead atoms. The Morgan fingerprint density at radius 3 is 1.49 bits per heavy atom. The van der Waals surface area contributed by atoms with Gasteiger partial charge in [0.25, 0.3) is 5.91 Å². The molecule has 39 heavy (non-hydrogen) atoms. The first-order valence-electron chi connectivity index (χ1n) is 12.7. The van der Waals surface area contributed by atoms with Crippen molar-refractivity contribution in [2.45, 2.75) is 11.8 Å². The molecule has 1 aliphatic heterocycles. The van der Waals surface area contributed by atoms with Crippen molar-refractivity contribution >= 4 is 35.1 Å². The van der Waals surface area contributed by atoms with Crippen LogP contribution in [0.4, 0.5) is 11.4 Å². The number of benzene rings is 4. The van der Waals surface area contributed by atoms with E-state index < -0.39 is 17.8 Å². The van der Waals surface area contributed by atoms with Crippen molar-refractivity contribution in [3.63, 3.8) is 0 Å². The van der Waals surface area contributed by atoms with E-state index in [0.717, 1.165) is 22.3 Å². The highest BCUT2D eigenvalue weighted by atomic mass is 16.4. The minimum absolute atomic E-state index is 0.123. The number of imide groups is 1. The molecule has 0 spiro atoms. The highest BCUT2D eigenvalue weighted by molar-refractivity contribution is 6.23. The van der Waals surface area contributed by atoms with E-state index in [-0.39, 0.29) is 35.1 Å². The molecule has 190 valence electrons. The van der Waals surface area contributed by atoms with E-state index in [9.17, 15) is 19.2 Å². The smallest absolute Gasteiger partial charge is 0.335 e. The summed E-state index contributed by atoms with van der Waals surface area (Å²) < 4.78 is 0. The van der Waals surface area contributed by atoms with Crippen LogP contribution in [-0.2, 0) is 9.59 Å². The first-order valence-corrected chi connectivity index (χ1v) is 12.7. The molecule has 4 aromatic carbocycles. The van der Waals surface area contributed by atoms with Crippen molar-refractivity contribution in [3.05, 3.63) is 130 Å². The molecule has 1 saturated heterocycles. The largest absolute Gasteiger partial charge is 0.478 e. The Labute approximate surface area is 223 Å². The van der Waals surface area contributed by atoms with Gasteiger partial charge in [0.15, 0.2) is 0 Å². The maximum Gasteiger partial charge on any atom is 0.335 e. The molecule has 1 heterocycles.